The molecule has 3 aromatic carbocycles. The summed E-state index contributed by atoms with van der Waals surface area (Å²) in [5, 5.41) is 9.63. The Hall–Kier alpha value is -3.33. The molecule has 130 valence electrons. The molecule has 1 unspecified atom stereocenters. The molecule has 0 amide bonds. The Morgan fingerprint density at radius 1 is 0.846 bits per heavy atom. The van der Waals surface area contributed by atoms with Crippen LogP contribution in [0.4, 0.5) is 0 Å². The molecule has 0 spiro atoms. The molecule has 0 saturated heterocycles. The van der Waals surface area contributed by atoms with Crippen LogP contribution in [0.3, 0.4) is 0 Å². The average molecular weight is 344 g/mol. The summed E-state index contributed by atoms with van der Waals surface area (Å²) in [5.74, 6) is -0.487. The fourth-order valence-corrected chi connectivity index (χ4v) is 2.71. The number of carboxylic acids is 1. The lowest BCUT2D eigenvalue weighted by Crippen LogP contribution is -2.25. The highest BCUT2D eigenvalue weighted by Crippen LogP contribution is 2.22. The molecular formula is C23H20O3. The van der Waals surface area contributed by atoms with Gasteiger partial charge in [-0.3, -0.25) is 0 Å². The van der Waals surface area contributed by atoms with Crippen molar-refractivity contribution in [3.05, 3.63) is 108 Å². The maximum absolute atomic E-state index is 11.8. The number of benzene rings is 3. The van der Waals surface area contributed by atoms with Crippen molar-refractivity contribution in [1.82, 2.24) is 0 Å². The maximum Gasteiger partial charge on any atom is 0.349 e. The fraction of sp³-hybridized carbons (Fsp3) is 0.0870. The summed E-state index contributed by atoms with van der Waals surface area (Å²) < 4.78 is 5.69. The van der Waals surface area contributed by atoms with Crippen LogP contribution in [0.2, 0.25) is 0 Å². The molecule has 0 aromatic heterocycles. The minimum atomic E-state index is -1.06. The number of para-hydroxylation sites is 1. The number of carbonyl (C=O) groups is 1. The zero-order valence-electron chi connectivity index (χ0n) is 14.3. The zero-order valence-corrected chi connectivity index (χ0v) is 14.3. The van der Waals surface area contributed by atoms with E-state index in [-0.39, 0.29) is 0 Å². The quantitative estimate of drug-likeness (QED) is 0.667. The Morgan fingerprint density at radius 3 is 1.96 bits per heavy atom. The largest absolute Gasteiger partial charge is 0.478 e. The third-order valence-corrected chi connectivity index (χ3v) is 3.98. The van der Waals surface area contributed by atoms with Crippen molar-refractivity contribution in [2.75, 3.05) is 0 Å². The summed E-state index contributed by atoms with van der Waals surface area (Å²) in [6.45, 7) is 0. The number of ether oxygens (including phenoxy) is 1. The predicted molar refractivity (Wildman–Crippen MR) is 103 cm³/mol. The molecule has 0 radical (unpaired) electrons. The minimum absolute atomic E-state index is 0.531. The summed E-state index contributed by atoms with van der Waals surface area (Å²) >= 11 is 0. The normalized spacial score (nSPS) is 12.4. The maximum atomic E-state index is 11.8. The van der Waals surface area contributed by atoms with Crippen LogP contribution in [-0.2, 0) is 11.2 Å². The van der Waals surface area contributed by atoms with Gasteiger partial charge in [0.05, 0.1) is 0 Å². The average Bonchev–Trinajstić information content (AvgIpc) is 2.69. The first-order valence-corrected chi connectivity index (χ1v) is 8.47. The second-order valence-electron chi connectivity index (χ2n) is 5.91. The highest BCUT2D eigenvalue weighted by atomic mass is 16.5. The zero-order chi connectivity index (χ0) is 18.2. The van der Waals surface area contributed by atoms with Crippen LogP contribution in [0.5, 0.6) is 5.75 Å². The number of carboxylic acid groups (broad SMARTS) is 1. The van der Waals surface area contributed by atoms with Crippen molar-refractivity contribution in [2.45, 2.75) is 12.5 Å². The Labute approximate surface area is 153 Å². The van der Waals surface area contributed by atoms with Crippen LogP contribution in [-0.4, -0.2) is 17.2 Å². The van der Waals surface area contributed by atoms with Gasteiger partial charge in [-0.25, -0.2) is 4.79 Å². The highest BCUT2D eigenvalue weighted by molar-refractivity contribution is 5.80. The second kappa shape index (κ2) is 8.67. The third-order valence-electron chi connectivity index (χ3n) is 3.98. The molecule has 0 aliphatic rings. The highest BCUT2D eigenvalue weighted by Gasteiger charge is 2.18. The van der Waals surface area contributed by atoms with E-state index < -0.39 is 12.1 Å². The van der Waals surface area contributed by atoms with E-state index in [4.69, 9.17) is 4.74 Å². The van der Waals surface area contributed by atoms with Crippen molar-refractivity contribution in [3.8, 4) is 5.75 Å². The van der Waals surface area contributed by atoms with Gasteiger partial charge >= 0.3 is 5.97 Å². The van der Waals surface area contributed by atoms with Crippen LogP contribution in [0, 0.1) is 0 Å². The topological polar surface area (TPSA) is 46.5 Å². The van der Waals surface area contributed by atoms with Crippen LogP contribution in [0.15, 0.2) is 97.1 Å². The van der Waals surface area contributed by atoms with Crippen molar-refractivity contribution in [1.29, 1.82) is 0 Å². The third kappa shape index (κ3) is 4.84. The molecule has 0 bridgehead atoms. The summed E-state index contributed by atoms with van der Waals surface area (Å²) in [4.78, 5) is 11.8. The van der Waals surface area contributed by atoms with Gasteiger partial charge in [0.15, 0.2) is 0 Å². The van der Waals surface area contributed by atoms with Gasteiger partial charge in [0.25, 0.3) is 0 Å². The number of allylic oxidation sites excluding steroid dienone is 1. The monoisotopic (exact) mass is 344 g/mol. The molecule has 0 saturated carbocycles. The second-order valence-corrected chi connectivity index (χ2v) is 5.91. The number of hydrogen-bond donors (Lipinski definition) is 1. The van der Waals surface area contributed by atoms with Crippen molar-refractivity contribution in [3.63, 3.8) is 0 Å². The summed E-state index contributed by atoms with van der Waals surface area (Å²) in [6, 6.07) is 28.8. The van der Waals surface area contributed by atoms with Gasteiger partial charge in [-0.15, -0.1) is 0 Å². The van der Waals surface area contributed by atoms with Gasteiger partial charge in [-0.2, -0.15) is 0 Å². The van der Waals surface area contributed by atoms with E-state index in [1.54, 1.807) is 18.2 Å². The molecule has 1 atom stereocenters. The van der Waals surface area contributed by atoms with Crippen LogP contribution in [0.1, 0.15) is 11.1 Å². The molecule has 0 aliphatic heterocycles. The van der Waals surface area contributed by atoms with Gasteiger partial charge < -0.3 is 9.84 Å². The van der Waals surface area contributed by atoms with Crippen LogP contribution in [0.25, 0.3) is 5.57 Å². The predicted octanol–water partition coefficient (Wildman–Crippen LogP) is 4.84. The van der Waals surface area contributed by atoms with E-state index in [9.17, 15) is 9.90 Å². The number of hydrogen-bond acceptors (Lipinski definition) is 2. The standard InChI is InChI=1S/C23H20O3/c24-23(25)22(26-21-14-8-3-9-15-21)17-20(19-12-6-2-7-13-19)16-18-10-4-1-5-11-18/h1-15,17,22H,16H2,(H,24,25). The molecule has 26 heavy (non-hydrogen) atoms. The lowest BCUT2D eigenvalue weighted by Gasteiger charge is -2.15. The molecule has 0 fully saturated rings. The van der Waals surface area contributed by atoms with Gasteiger partial charge in [0.1, 0.15) is 5.75 Å². The van der Waals surface area contributed by atoms with E-state index in [1.165, 1.54) is 0 Å². The Morgan fingerprint density at radius 2 is 1.38 bits per heavy atom. The van der Waals surface area contributed by atoms with Crippen molar-refractivity contribution in [2.24, 2.45) is 0 Å². The first-order chi connectivity index (χ1) is 12.7. The Bertz CT molecular complexity index is 856. The molecule has 3 heteroatoms. The van der Waals surface area contributed by atoms with Gasteiger partial charge in [0.2, 0.25) is 6.10 Å². The van der Waals surface area contributed by atoms with Gasteiger partial charge in [-0.05, 0) is 41.3 Å². The Kier molecular flexibility index (Phi) is 5.84. The molecular weight excluding hydrogens is 324 g/mol. The molecule has 3 nitrogen and oxygen atoms in total. The first kappa shape index (κ1) is 17.5. The summed E-state index contributed by atoms with van der Waals surface area (Å²) in [5.41, 5.74) is 3.02. The molecule has 0 heterocycles. The lowest BCUT2D eigenvalue weighted by molar-refractivity contribution is -0.142. The van der Waals surface area contributed by atoms with Crippen LogP contribution >= 0.6 is 0 Å². The number of aliphatic carboxylic acids is 1. The Balaban J connectivity index is 1.93. The summed E-state index contributed by atoms with van der Waals surface area (Å²) in [6.07, 6.45) is 1.26. The van der Waals surface area contributed by atoms with Crippen LogP contribution < -0.4 is 4.74 Å². The van der Waals surface area contributed by atoms with Gasteiger partial charge in [0, 0.05) is 0 Å². The van der Waals surface area contributed by atoms with E-state index in [0.717, 1.165) is 16.7 Å². The molecule has 1 N–H and O–H groups in total. The molecule has 0 aliphatic carbocycles. The SMILES string of the molecule is O=C(O)C(C=C(Cc1ccccc1)c1ccccc1)Oc1ccccc1. The van der Waals surface area contributed by atoms with Crippen molar-refractivity contribution >= 4 is 11.5 Å². The van der Waals surface area contributed by atoms with E-state index in [1.807, 2.05) is 78.9 Å². The van der Waals surface area contributed by atoms with Crippen molar-refractivity contribution < 1.29 is 14.6 Å². The minimum Gasteiger partial charge on any atom is -0.478 e. The van der Waals surface area contributed by atoms with E-state index in [0.29, 0.717) is 12.2 Å². The van der Waals surface area contributed by atoms with Gasteiger partial charge in [-0.1, -0.05) is 78.9 Å². The van der Waals surface area contributed by atoms with E-state index >= 15 is 0 Å². The fourth-order valence-electron chi connectivity index (χ4n) is 2.71. The smallest absolute Gasteiger partial charge is 0.349 e. The first-order valence-electron chi connectivity index (χ1n) is 8.47. The van der Waals surface area contributed by atoms with E-state index in [2.05, 4.69) is 0 Å². The molecule has 3 aromatic rings. The molecule has 3 rings (SSSR count). The summed E-state index contributed by atoms with van der Waals surface area (Å²) in [7, 11) is 0. The number of rotatable bonds is 7. The lowest BCUT2D eigenvalue weighted by atomic mass is 9.96.